The van der Waals surface area contributed by atoms with Crippen LogP contribution in [0.1, 0.15) is 46.5 Å². The van der Waals surface area contributed by atoms with Gasteiger partial charge in [0.2, 0.25) is 0 Å². The zero-order valence-electron chi connectivity index (χ0n) is 15.7. The number of benzene rings is 2. The van der Waals surface area contributed by atoms with Crippen molar-refractivity contribution >= 4 is 23.5 Å². The van der Waals surface area contributed by atoms with Gasteiger partial charge in [-0.15, -0.1) is 0 Å². The Morgan fingerprint density at radius 1 is 1.14 bits per heavy atom. The summed E-state index contributed by atoms with van der Waals surface area (Å²) < 4.78 is 10.7. The number of nitrogens with zero attached hydrogens (tertiary/aromatic N) is 1. The summed E-state index contributed by atoms with van der Waals surface area (Å²) in [7, 11) is 0. The van der Waals surface area contributed by atoms with E-state index >= 15 is 0 Å². The van der Waals surface area contributed by atoms with Crippen LogP contribution >= 0.6 is 0 Å². The number of esters is 1. The van der Waals surface area contributed by atoms with Gasteiger partial charge in [0.15, 0.2) is 6.10 Å². The first kappa shape index (κ1) is 19.4. The van der Waals surface area contributed by atoms with Gasteiger partial charge in [-0.1, -0.05) is 19.1 Å². The van der Waals surface area contributed by atoms with Gasteiger partial charge in [0.25, 0.3) is 5.91 Å². The second-order valence-electron chi connectivity index (χ2n) is 6.50. The molecule has 146 valence electrons. The zero-order valence-corrected chi connectivity index (χ0v) is 15.7. The molecule has 0 saturated carbocycles. The van der Waals surface area contributed by atoms with E-state index in [-0.39, 0.29) is 24.0 Å². The molecule has 1 aliphatic rings. The van der Waals surface area contributed by atoms with E-state index in [1.807, 2.05) is 6.92 Å². The molecule has 0 spiro atoms. The molecule has 0 radical (unpaired) electrons. The van der Waals surface area contributed by atoms with Gasteiger partial charge in [0, 0.05) is 0 Å². The van der Waals surface area contributed by atoms with Gasteiger partial charge in [0.1, 0.15) is 5.75 Å². The SMILES string of the molecule is CCCOC(=O)c1ccc(CN2C(=O)C(C)Oc3ccc(C(=O)O)cc32)cc1. The van der Waals surface area contributed by atoms with Crippen LogP contribution in [0.25, 0.3) is 0 Å². The number of carbonyl (C=O) groups is 3. The molecule has 1 heterocycles. The van der Waals surface area contributed by atoms with Crippen LogP contribution in [0, 0.1) is 0 Å². The number of amides is 1. The molecular formula is C21H21NO6. The lowest BCUT2D eigenvalue weighted by molar-refractivity contribution is -0.125. The molecule has 1 atom stereocenters. The van der Waals surface area contributed by atoms with Crippen LogP contribution in [-0.4, -0.2) is 35.7 Å². The minimum absolute atomic E-state index is 0.0729. The summed E-state index contributed by atoms with van der Waals surface area (Å²) in [5, 5.41) is 9.24. The van der Waals surface area contributed by atoms with Crippen LogP contribution in [0.5, 0.6) is 5.75 Å². The van der Waals surface area contributed by atoms with Gasteiger partial charge < -0.3 is 19.5 Å². The Kier molecular flexibility index (Phi) is 5.63. The van der Waals surface area contributed by atoms with E-state index in [1.165, 1.54) is 17.0 Å². The lowest BCUT2D eigenvalue weighted by Crippen LogP contribution is -2.44. The third-order valence-electron chi connectivity index (χ3n) is 4.38. The summed E-state index contributed by atoms with van der Waals surface area (Å²) in [5.41, 5.74) is 1.71. The summed E-state index contributed by atoms with van der Waals surface area (Å²) in [4.78, 5) is 37.3. The Hall–Kier alpha value is -3.35. The highest BCUT2D eigenvalue weighted by molar-refractivity contribution is 6.01. The third-order valence-corrected chi connectivity index (χ3v) is 4.38. The molecule has 0 bridgehead atoms. The monoisotopic (exact) mass is 383 g/mol. The van der Waals surface area contributed by atoms with Crippen LogP contribution in [-0.2, 0) is 16.1 Å². The molecule has 2 aromatic rings. The number of aromatic carboxylic acids is 1. The molecule has 1 unspecified atom stereocenters. The fraction of sp³-hybridized carbons (Fsp3) is 0.286. The molecular weight excluding hydrogens is 362 g/mol. The summed E-state index contributed by atoms with van der Waals surface area (Å²) in [6.07, 6.45) is 0.0743. The first-order valence-corrected chi connectivity index (χ1v) is 9.02. The van der Waals surface area contributed by atoms with Gasteiger partial charge in [0.05, 0.1) is 30.0 Å². The summed E-state index contributed by atoms with van der Waals surface area (Å²) in [5.74, 6) is -1.27. The lowest BCUT2D eigenvalue weighted by Gasteiger charge is -2.33. The highest BCUT2D eigenvalue weighted by Crippen LogP contribution is 2.36. The van der Waals surface area contributed by atoms with Crippen LogP contribution in [0.15, 0.2) is 42.5 Å². The van der Waals surface area contributed by atoms with Gasteiger partial charge >= 0.3 is 11.9 Å². The molecule has 1 N–H and O–H groups in total. The van der Waals surface area contributed by atoms with Crippen molar-refractivity contribution in [1.82, 2.24) is 0 Å². The summed E-state index contributed by atoms with van der Waals surface area (Å²) >= 11 is 0. The molecule has 7 heteroatoms. The highest BCUT2D eigenvalue weighted by Gasteiger charge is 2.32. The van der Waals surface area contributed by atoms with Gasteiger partial charge in [-0.2, -0.15) is 0 Å². The van der Waals surface area contributed by atoms with E-state index in [0.717, 1.165) is 12.0 Å². The van der Waals surface area contributed by atoms with E-state index in [0.29, 0.717) is 23.6 Å². The van der Waals surface area contributed by atoms with E-state index in [4.69, 9.17) is 9.47 Å². The smallest absolute Gasteiger partial charge is 0.338 e. The second kappa shape index (κ2) is 8.12. The molecule has 0 saturated heterocycles. The molecule has 3 rings (SSSR count). The van der Waals surface area contributed by atoms with Crippen molar-refractivity contribution < 1.29 is 29.0 Å². The van der Waals surface area contributed by atoms with Crippen LogP contribution in [0.4, 0.5) is 5.69 Å². The molecule has 7 nitrogen and oxygen atoms in total. The number of carboxylic acids is 1. The third kappa shape index (κ3) is 3.98. The molecule has 1 amide bonds. The maximum absolute atomic E-state index is 12.6. The maximum atomic E-state index is 12.6. The van der Waals surface area contributed by atoms with E-state index in [2.05, 4.69) is 0 Å². The fourth-order valence-corrected chi connectivity index (χ4v) is 2.91. The Labute approximate surface area is 162 Å². The molecule has 28 heavy (non-hydrogen) atoms. The van der Waals surface area contributed by atoms with Crippen molar-refractivity contribution in [2.45, 2.75) is 32.9 Å². The van der Waals surface area contributed by atoms with Crippen molar-refractivity contribution in [2.24, 2.45) is 0 Å². The number of rotatable bonds is 6. The van der Waals surface area contributed by atoms with Crippen LogP contribution in [0.3, 0.4) is 0 Å². The minimum atomic E-state index is -1.08. The summed E-state index contributed by atoms with van der Waals surface area (Å²) in [6.45, 7) is 4.16. The number of carbonyl (C=O) groups excluding carboxylic acids is 2. The first-order chi connectivity index (χ1) is 13.4. The Balaban J connectivity index is 1.85. The Morgan fingerprint density at radius 2 is 1.82 bits per heavy atom. The number of ether oxygens (including phenoxy) is 2. The zero-order chi connectivity index (χ0) is 20.3. The number of hydrogen-bond donors (Lipinski definition) is 1. The number of carboxylic acid groups (broad SMARTS) is 1. The predicted molar refractivity (Wildman–Crippen MR) is 102 cm³/mol. The number of fused-ring (bicyclic) bond motifs is 1. The average Bonchev–Trinajstić information content (AvgIpc) is 2.69. The van der Waals surface area contributed by atoms with E-state index in [9.17, 15) is 19.5 Å². The standard InChI is InChI=1S/C21H21NO6/c1-3-10-27-21(26)15-6-4-14(5-7-15)12-22-17-11-16(20(24)25)8-9-18(17)28-13(2)19(22)23/h4-9,11,13H,3,10,12H2,1-2H3,(H,24,25). The number of hydrogen-bond acceptors (Lipinski definition) is 5. The Bertz CT molecular complexity index is 906. The number of anilines is 1. The van der Waals surface area contributed by atoms with Gasteiger partial charge in [-0.05, 0) is 49.2 Å². The molecule has 2 aromatic carbocycles. The molecule has 0 fully saturated rings. The fourth-order valence-electron chi connectivity index (χ4n) is 2.91. The van der Waals surface area contributed by atoms with Crippen LogP contribution in [0.2, 0.25) is 0 Å². The maximum Gasteiger partial charge on any atom is 0.338 e. The Morgan fingerprint density at radius 3 is 2.46 bits per heavy atom. The quantitative estimate of drug-likeness (QED) is 0.770. The van der Waals surface area contributed by atoms with Gasteiger partial charge in [-0.25, -0.2) is 9.59 Å². The highest BCUT2D eigenvalue weighted by atomic mass is 16.5. The molecule has 0 aromatic heterocycles. The molecule has 1 aliphatic heterocycles. The minimum Gasteiger partial charge on any atom is -0.479 e. The van der Waals surface area contributed by atoms with Crippen molar-refractivity contribution in [3.63, 3.8) is 0 Å². The normalized spacial score (nSPS) is 15.6. The average molecular weight is 383 g/mol. The largest absolute Gasteiger partial charge is 0.479 e. The van der Waals surface area contributed by atoms with Crippen molar-refractivity contribution in [3.8, 4) is 5.75 Å². The topological polar surface area (TPSA) is 93.1 Å². The summed E-state index contributed by atoms with van der Waals surface area (Å²) in [6, 6.07) is 11.2. The van der Waals surface area contributed by atoms with E-state index in [1.54, 1.807) is 37.3 Å². The molecule has 0 aliphatic carbocycles. The lowest BCUT2D eigenvalue weighted by atomic mass is 10.1. The van der Waals surface area contributed by atoms with Crippen molar-refractivity contribution in [3.05, 3.63) is 59.2 Å². The van der Waals surface area contributed by atoms with Crippen molar-refractivity contribution in [1.29, 1.82) is 0 Å². The van der Waals surface area contributed by atoms with Gasteiger partial charge in [-0.3, -0.25) is 4.79 Å². The van der Waals surface area contributed by atoms with Crippen LogP contribution < -0.4 is 9.64 Å². The first-order valence-electron chi connectivity index (χ1n) is 9.02. The van der Waals surface area contributed by atoms with E-state index < -0.39 is 12.1 Å². The second-order valence-corrected chi connectivity index (χ2v) is 6.50. The predicted octanol–water partition coefficient (Wildman–Crippen LogP) is 3.27. The van der Waals surface area contributed by atoms with Crippen molar-refractivity contribution in [2.75, 3.05) is 11.5 Å².